The van der Waals surface area contributed by atoms with Gasteiger partial charge < -0.3 is 9.53 Å². The molecule has 2 rings (SSSR count). The van der Waals surface area contributed by atoms with E-state index in [1.165, 1.54) is 25.7 Å². The van der Waals surface area contributed by atoms with Gasteiger partial charge in [-0.1, -0.05) is 48.0 Å². The molecule has 2 nitrogen and oxygen atoms in total. The number of rotatable bonds is 4. The van der Waals surface area contributed by atoms with Crippen molar-refractivity contribution < 1.29 is 9.53 Å². The quantitative estimate of drug-likeness (QED) is 0.582. The van der Waals surface area contributed by atoms with Crippen molar-refractivity contribution >= 4 is 8.32 Å². The second kappa shape index (κ2) is 6.63. The lowest BCUT2D eigenvalue weighted by molar-refractivity contribution is -0.171. The summed E-state index contributed by atoms with van der Waals surface area (Å²) in [6.45, 7) is 21.9. The SMILES string of the molecule is CC1(C)CCC[C@]2(C)[C@@H](CCO[Si](C)(C)C(C)(C)C)[C@@](C)(O)CC[C@@H]12. The zero-order valence-electron chi connectivity index (χ0n) is 18.5. The number of fused-ring (bicyclic) bond motifs is 1. The van der Waals surface area contributed by atoms with Gasteiger partial charge in [-0.15, -0.1) is 0 Å². The van der Waals surface area contributed by atoms with Crippen molar-refractivity contribution in [1.82, 2.24) is 0 Å². The third-order valence-corrected chi connectivity index (χ3v) is 13.0. The third kappa shape index (κ3) is 4.04. The van der Waals surface area contributed by atoms with Crippen LogP contribution in [0.4, 0.5) is 0 Å². The fourth-order valence-corrected chi connectivity index (χ4v) is 6.97. The summed E-state index contributed by atoms with van der Waals surface area (Å²) in [6.07, 6.45) is 7.03. The van der Waals surface area contributed by atoms with Crippen molar-refractivity contribution in [3.05, 3.63) is 0 Å². The second-order valence-corrected chi connectivity index (χ2v) is 16.6. The Labute approximate surface area is 158 Å². The molecule has 0 aromatic heterocycles. The third-order valence-electron chi connectivity index (χ3n) is 8.44. The molecule has 0 aromatic rings. The highest BCUT2D eigenvalue weighted by molar-refractivity contribution is 6.74. The van der Waals surface area contributed by atoms with Crippen LogP contribution in [0.5, 0.6) is 0 Å². The molecule has 148 valence electrons. The van der Waals surface area contributed by atoms with E-state index in [1.54, 1.807) is 0 Å². The van der Waals surface area contributed by atoms with Crippen LogP contribution in [0.3, 0.4) is 0 Å². The molecular formula is C22H44O2Si. The van der Waals surface area contributed by atoms with Gasteiger partial charge in [-0.05, 0) is 79.8 Å². The maximum atomic E-state index is 11.3. The molecular weight excluding hydrogens is 324 g/mol. The summed E-state index contributed by atoms with van der Waals surface area (Å²) >= 11 is 0. The van der Waals surface area contributed by atoms with E-state index in [9.17, 15) is 5.11 Å². The molecule has 0 aromatic carbocycles. The van der Waals surface area contributed by atoms with Gasteiger partial charge in [0, 0.05) is 6.61 Å². The van der Waals surface area contributed by atoms with Crippen molar-refractivity contribution in [2.24, 2.45) is 22.7 Å². The minimum atomic E-state index is -1.71. The Morgan fingerprint density at radius 3 is 2.20 bits per heavy atom. The van der Waals surface area contributed by atoms with Gasteiger partial charge in [0.2, 0.25) is 0 Å². The molecule has 1 N–H and O–H groups in total. The zero-order chi connectivity index (χ0) is 19.3. The zero-order valence-corrected chi connectivity index (χ0v) is 19.5. The van der Waals surface area contributed by atoms with Crippen LogP contribution >= 0.6 is 0 Å². The molecule has 2 fully saturated rings. The minimum Gasteiger partial charge on any atom is -0.417 e. The van der Waals surface area contributed by atoms with E-state index in [4.69, 9.17) is 4.43 Å². The summed E-state index contributed by atoms with van der Waals surface area (Å²) in [5, 5.41) is 11.5. The van der Waals surface area contributed by atoms with Gasteiger partial charge in [0.25, 0.3) is 0 Å². The predicted octanol–water partition coefficient (Wildman–Crippen LogP) is 6.39. The molecule has 0 radical (unpaired) electrons. The van der Waals surface area contributed by atoms with E-state index in [-0.39, 0.29) is 10.5 Å². The molecule has 2 aliphatic rings. The smallest absolute Gasteiger partial charge is 0.191 e. The monoisotopic (exact) mass is 368 g/mol. The van der Waals surface area contributed by atoms with Crippen LogP contribution in [0.2, 0.25) is 18.1 Å². The Morgan fingerprint density at radius 1 is 1.04 bits per heavy atom. The van der Waals surface area contributed by atoms with Gasteiger partial charge >= 0.3 is 0 Å². The molecule has 0 amide bonds. The van der Waals surface area contributed by atoms with E-state index in [1.807, 2.05) is 0 Å². The summed E-state index contributed by atoms with van der Waals surface area (Å²) in [4.78, 5) is 0. The van der Waals surface area contributed by atoms with Crippen LogP contribution < -0.4 is 0 Å². The minimum absolute atomic E-state index is 0.250. The summed E-state index contributed by atoms with van der Waals surface area (Å²) in [6, 6.07) is 0. The maximum Gasteiger partial charge on any atom is 0.191 e. The molecule has 3 heteroatoms. The molecule has 0 heterocycles. The summed E-state index contributed by atoms with van der Waals surface area (Å²) in [7, 11) is -1.71. The average molecular weight is 369 g/mol. The normalized spacial score (nSPS) is 39.1. The molecule has 2 saturated carbocycles. The van der Waals surface area contributed by atoms with Gasteiger partial charge in [-0.3, -0.25) is 0 Å². The van der Waals surface area contributed by atoms with Crippen molar-refractivity contribution in [2.75, 3.05) is 6.61 Å². The lowest BCUT2D eigenvalue weighted by atomic mass is 9.45. The highest BCUT2D eigenvalue weighted by Gasteiger charge is 2.57. The first kappa shape index (κ1) is 21.4. The second-order valence-electron chi connectivity index (χ2n) is 11.7. The summed E-state index contributed by atoms with van der Waals surface area (Å²) in [5.41, 5.74) is 0.109. The van der Waals surface area contributed by atoms with Crippen LogP contribution in [0.25, 0.3) is 0 Å². The molecule has 25 heavy (non-hydrogen) atoms. The molecule has 0 bridgehead atoms. The Bertz CT molecular complexity index is 475. The average Bonchev–Trinajstić information content (AvgIpc) is 2.39. The first-order valence-electron chi connectivity index (χ1n) is 10.5. The van der Waals surface area contributed by atoms with Crippen LogP contribution in [0.1, 0.15) is 87.0 Å². The Hall–Kier alpha value is 0.137. The highest BCUT2D eigenvalue weighted by Crippen LogP contribution is 2.62. The van der Waals surface area contributed by atoms with E-state index in [2.05, 4.69) is 61.6 Å². The standard InChI is InChI=1S/C22H44O2Si/c1-19(2,3)25(8,9)24-16-12-18-21(6)14-10-13-20(4,5)17(21)11-15-22(18,7)23/h17-18,23H,10-16H2,1-9H3/t17-,18+,21-,22-/m0/s1. The van der Waals surface area contributed by atoms with Crippen molar-refractivity contribution in [3.8, 4) is 0 Å². The molecule has 0 spiro atoms. The predicted molar refractivity (Wildman–Crippen MR) is 110 cm³/mol. The van der Waals surface area contributed by atoms with E-state index in [0.29, 0.717) is 11.3 Å². The molecule has 4 atom stereocenters. The van der Waals surface area contributed by atoms with Crippen LogP contribution in [0, 0.1) is 22.7 Å². The Morgan fingerprint density at radius 2 is 1.64 bits per heavy atom. The van der Waals surface area contributed by atoms with Crippen molar-refractivity contribution in [1.29, 1.82) is 0 Å². The fraction of sp³-hybridized carbons (Fsp3) is 1.00. The molecule has 0 saturated heterocycles. The highest BCUT2D eigenvalue weighted by atomic mass is 28.4. The van der Waals surface area contributed by atoms with Gasteiger partial charge in [-0.2, -0.15) is 0 Å². The van der Waals surface area contributed by atoms with Crippen molar-refractivity contribution in [3.63, 3.8) is 0 Å². The van der Waals surface area contributed by atoms with Gasteiger partial charge in [0.1, 0.15) is 0 Å². The molecule has 0 aliphatic heterocycles. The Balaban J connectivity index is 2.16. The number of aliphatic hydroxyl groups is 1. The lowest BCUT2D eigenvalue weighted by Crippen LogP contribution is -2.58. The first-order valence-corrected chi connectivity index (χ1v) is 13.4. The first-order chi connectivity index (χ1) is 11.1. The molecule has 2 aliphatic carbocycles. The Kier molecular flexibility index (Phi) is 5.69. The van der Waals surface area contributed by atoms with E-state index in [0.717, 1.165) is 25.4 Å². The summed E-state index contributed by atoms with van der Waals surface area (Å²) < 4.78 is 6.49. The largest absolute Gasteiger partial charge is 0.417 e. The van der Waals surface area contributed by atoms with Gasteiger partial charge in [0.05, 0.1) is 5.60 Å². The maximum absolute atomic E-state index is 11.3. The fourth-order valence-electron chi connectivity index (χ4n) is 5.91. The van der Waals surface area contributed by atoms with E-state index < -0.39 is 13.9 Å². The van der Waals surface area contributed by atoms with E-state index >= 15 is 0 Å². The van der Waals surface area contributed by atoms with Crippen LogP contribution in [-0.2, 0) is 4.43 Å². The topological polar surface area (TPSA) is 29.5 Å². The van der Waals surface area contributed by atoms with Gasteiger partial charge in [-0.25, -0.2) is 0 Å². The lowest BCUT2D eigenvalue weighted by Gasteiger charge is -2.61. The number of hydrogen-bond acceptors (Lipinski definition) is 2. The van der Waals surface area contributed by atoms with Crippen LogP contribution in [-0.4, -0.2) is 25.6 Å². The summed E-state index contributed by atoms with van der Waals surface area (Å²) in [5.74, 6) is 1.08. The van der Waals surface area contributed by atoms with Gasteiger partial charge in [0.15, 0.2) is 8.32 Å². The number of hydrogen-bond donors (Lipinski definition) is 1. The van der Waals surface area contributed by atoms with Crippen molar-refractivity contribution in [2.45, 2.75) is 111 Å². The molecule has 0 unspecified atom stereocenters. The van der Waals surface area contributed by atoms with Crippen LogP contribution in [0.15, 0.2) is 0 Å².